The van der Waals surface area contributed by atoms with Crippen molar-refractivity contribution in [2.24, 2.45) is 0 Å². The summed E-state index contributed by atoms with van der Waals surface area (Å²) in [6.45, 7) is 0.329. The van der Waals surface area contributed by atoms with Crippen LogP contribution in [-0.2, 0) is 16.0 Å². The second-order valence-electron chi connectivity index (χ2n) is 5.66. The number of methoxy groups -OCH3 is 1. The number of carbonyl (C=O) groups excluding carboxylic acids is 2. The fourth-order valence-electron chi connectivity index (χ4n) is 2.62. The summed E-state index contributed by atoms with van der Waals surface area (Å²) in [5, 5.41) is 2.80. The highest BCUT2D eigenvalue weighted by Gasteiger charge is 2.24. The Hall–Kier alpha value is -3.02. The number of benzene rings is 2. The third kappa shape index (κ3) is 4.29. The largest absolute Gasteiger partial charge is 0.488 e. The van der Waals surface area contributed by atoms with Gasteiger partial charge in [-0.15, -0.1) is 0 Å². The fraction of sp³-hybridized carbons (Fsp3) is 0.263. The van der Waals surface area contributed by atoms with Gasteiger partial charge in [-0.3, -0.25) is 4.79 Å². The molecular weight excluding hydrogens is 322 g/mol. The number of hydrogen-bond acceptors (Lipinski definition) is 5. The Morgan fingerprint density at radius 3 is 2.76 bits per heavy atom. The Balaban J connectivity index is 1.46. The first-order chi connectivity index (χ1) is 12.2. The van der Waals surface area contributed by atoms with Crippen LogP contribution in [0.4, 0.5) is 0 Å². The van der Waals surface area contributed by atoms with Crippen LogP contribution in [0.5, 0.6) is 11.5 Å². The van der Waals surface area contributed by atoms with Gasteiger partial charge >= 0.3 is 5.97 Å². The van der Waals surface area contributed by atoms with Crippen molar-refractivity contribution in [1.29, 1.82) is 0 Å². The zero-order chi connectivity index (χ0) is 17.6. The number of esters is 1. The first-order valence-corrected chi connectivity index (χ1v) is 7.98. The number of hydrogen-bond donors (Lipinski definition) is 1. The van der Waals surface area contributed by atoms with E-state index in [9.17, 15) is 9.59 Å². The first-order valence-electron chi connectivity index (χ1n) is 7.98. The van der Waals surface area contributed by atoms with E-state index in [0.717, 1.165) is 11.3 Å². The molecule has 25 heavy (non-hydrogen) atoms. The molecule has 1 aliphatic heterocycles. The Kier molecular flexibility index (Phi) is 5.18. The molecule has 0 radical (unpaired) electrons. The number of ether oxygens (including phenoxy) is 3. The van der Waals surface area contributed by atoms with E-state index >= 15 is 0 Å². The van der Waals surface area contributed by atoms with Crippen LogP contribution in [0.3, 0.4) is 0 Å². The van der Waals surface area contributed by atoms with Gasteiger partial charge in [0, 0.05) is 6.42 Å². The van der Waals surface area contributed by atoms with Crippen LogP contribution in [0, 0.1) is 0 Å². The molecule has 0 aliphatic carbocycles. The Labute approximate surface area is 145 Å². The van der Waals surface area contributed by atoms with E-state index in [4.69, 9.17) is 14.2 Å². The maximum Gasteiger partial charge on any atom is 0.337 e. The summed E-state index contributed by atoms with van der Waals surface area (Å²) in [5.41, 5.74) is 1.42. The molecule has 0 saturated heterocycles. The van der Waals surface area contributed by atoms with E-state index in [1.807, 2.05) is 18.2 Å². The molecule has 2 aromatic rings. The normalized spacial score (nSPS) is 15.0. The van der Waals surface area contributed by atoms with Gasteiger partial charge in [0.1, 0.15) is 17.6 Å². The van der Waals surface area contributed by atoms with E-state index in [0.29, 0.717) is 24.3 Å². The molecule has 2 aromatic carbocycles. The molecule has 1 N–H and O–H groups in total. The minimum Gasteiger partial charge on any atom is -0.488 e. The number of para-hydroxylation sites is 1. The van der Waals surface area contributed by atoms with Crippen LogP contribution in [0.15, 0.2) is 48.5 Å². The second kappa shape index (κ2) is 7.70. The Bertz CT molecular complexity index is 760. The Morgan fingerprint density at radius 1 is 1.20 bits per heavy atom. The molecule has 130 valence electrons. The average molecular weight is 341 g/mol. The van der Waals surface area contributed by atoms with Crippen LogP contribution in [0.2, 0.25) is 0 Å². The maximum atomic E-state index is 11.9. The molecule has 1 unspecified atom stereocenters. The lowest BCUT2D eigenvalue weighted by molar-refractivity contribution is -0.123. The smallest absolute Gasteiger partial charge is 0.337 e. The van der Waals surface area contributed by atoms with Gasteiger partial charge in [0.25, 0.3) is 5.91 Å². The summed E-state index contributed by atoms with van der Waals surface area (Å²) < 4.78 is 15.9. The minimum atomic E-state index is -0.377. The number of amides is 1. The number of rotatable bonds is 6. The highest BCUT2D eigenvalue weighted by atomic mass is 16.5. The quantitative estimate of drug-likeness (QED) is 0.813. The lowest BCUT2D eigenvalue weighted by atomic mass is 10.1. The third-order valence-corrected chi connectivity index (χ3v) is 3.86. The summed E-state index contributed by atoms with van der Waals surface area (Å²) in [7, 11) is 1.35. The SMILES string of the molecule is COC(=O)c1ccc2c(c1)CC(CNC(=O)COc1ccccc1)O2. The van der Waals surface area contributed by atoms with Crippen LogP contribution < -0.4 is 14.8 Å². The lowest BCUT2D eigenvalue weighted by Crippen LogP contribution is -2.37. The highest BCUT2D eigenvalue weighted by molar-refractivity contribution is 5.89. The predicted molar refractivity (Wildman–Crippen MR) is 90.8 cm³/mol. The van der Waals surface area contributed by atoms with E-state index in [-0.39, 0.29) is 24.6 Å². The molecule has 6 nitrogen and oxygen atoms in total. The molecular formula is C19H19NO5. The number of carbonyl (C=O) groups is 2. The van der Waals surface area contributed by atoms with Crippen LogP contribution >= 0.6 is 0 Å². The van der Waals surface area contributed by atoms with Gasteiger partial charge in [-0.25, -0.2) is 4.79 Å². The minimum absolute atomic E-state index is 0.0455. The van der Waals surface area contributed by atoms with Crippen molar-refractivity contribution in [1.82, 2.24) is 5.32 Å². The lowest BCUT2D eigenvalue weighted by Gasteiger charge is -2.12. The zero-order valence-corrected chi connectivity index (χ0v) is 13.9. The van der Waals surface area contributed by atoms with Gasteiger partial charge in [-0.05, 0) is 35.9 Å². The number of fused-ring (bicyclic) bond motifs is 1. The zero-order valence-electron chi connectivity index (χ0n) is 13.9. The third-order valence-electron chi connectivity index (χ3n) is 3.86. The summed E-state index contributed by atoms with van der Waals surface area (Å²) in [5.74, 6) is 0.793. The van der Waals surface area contributed by atoms with E-state index in [2.05, 4.69) is 5.32 Å². The molecule has 0 fully saturated rings. The van der Waals surface area contributed by atoms with Crippen molar-refractivity contribution in [3.8, 4) is 11.5 Å². The molecule has 6 heteroatoms. The molecule has 1 heterocycles. The van der Waals surface area contributed by atoms with Crippen LogP contribution in [0.25, 0.3) is 0 Å². The molecule has 3 rings (SSSR count). The molecule has 0 aromatic heterocycles. The topological polar surface area (TPSA) is 73.9 Å². The summed E-state index contributed by atoms with van der Waals surface area (Å²) >= 11 is 0. The van der Waals surface area contributed by atoms with Gasteiger partial charge in [0.15, 0.2) is 6.61 Å². The summed E-state index contributed by atoms with van der Waals surface area (Å²) in [6, 6.07) is 14.3. The molecule has 1 atom stereocenters. The first kappa shape index (κ1) is 16.8. The van der Waals surface area contributed by atoms with Crippen molar-refractivity contribution in [3.63, 3.8) is 0 Å². The van der Waals surface area contributed by atoms with Gasteiger partial charge < -0.3 is 19.5 Å². The van der Waals surface area contributed by atoms with Crippen molar-refractivity contribution in [3.05, 3.63) is 59.7 Å². The van der Waals surface area contributed by atoms with E-state index in [1.165, 1.54) is 7.11 Å². The highest BCUT2D eigenvalue weighted by Crippen LogP contribution is 2.29. The van der Waals surface area contributed by atoms with Gasteiger partial charge in [-0.2, -0.15) is 0 Å². The van der Waals surface area contributed by atoms with Crippen LogP contribution in [0.1, 0.15) is 15.9 Å². The molecule has 0 spiro atoms. The van der Waals surface area contributed by atoms with Crippen LogP contribution in [-0.4, -0.2) is 38.2 Å². The molecule has 0 saturated carbocycles. The van der Waals surface area contributed by atoms with Crippen molar-refractivity contribution in [2.75, 3.05) is 20.3 Å². The predicted octanol–water partition coefficient (Wildman–Crippen LogP) is 1.97. The summed E-state index contributed by atoms with van der Waals surface area (Å²) in [4.78, 5) is 23.4. The molecule has 1 aliphatic rings. The Morgan fingerprint density at radius 2 is 2.00 bits per heavy atom. The van der Waals surface area contributed by atoms with E-state index < -0.39 is 0 Å². The standard InChI is InChI=1S/C19H19NO5/c1-23-19(22)13-7-8-17-14(9-13)10-16(25-17)11-20-18(21)12-24-15-5-3-2-4-6-15/h2-9,16H,10-12H2,1H3,(H,20,21). The average Bonchev–Trinajstić information content (AvgIpc) is 3.07. The second-order valence-corrected chi connectivity index (χ2v) is 5.66. The van der Waals surface area contributed by atoms with Crippen molar-refractivity contribution < 1.29 is 23.8 Å². The summed E-state index contributed by atoms with van der Waals surface area (Å²) in [6.07, 6.45) is 0.462. The monoisotopic (exact) mass is 341 g/mol. The van der Waals surface area contributed by atoms with Gasteiger partial charge in [0.05, 0.1) is 19.2 Å². The number of nitrogens with one attached hydrogen (secondary N) is 1. The van der Waals surface area contributed by atoms with Gasteiger partial charge in [-0.1, -0.05) is 18.2 Å². The van der Waals surface area contributed by atoms with Crippen molar-refractivity contribution >= 4 is 11.9 Å². The maximum absolute atomic E-state index is 11.9. The molecule has 1 amide bonds. The molecule has 0 bridgehead atoms. The van der Waals surface area contributed by atoms with Gasteiger partial charge in [0.2, 0.25) is 0 Å². The van der Waals surface area contributed by atoms with E-state index in [1.54, 1.807) is 30.3 Å². The van der Waals surface area contributed by atoms with Crippen molar-refractivity contribution in [2.45, 2.75) is 12.5 Å². The fourth-order valence-corrected chi connectivity index (χ4v) is 2.62.